The molecule has 0 unspecified atom stereocenters. The molecule has 0 saturated carbocycles. The normalized spacial score (nSPS) is 10.2. The second-order valence-electron chi connectivity index (χ2n) is 5.52. The lowest BCUT2D eigenvalue weighted by molar-refractivity contribution is -0.129. The molecule has 0 spiro atoms. The van der Waals surface area contributed by atoms with Gasteiger partial charge in [-0.15, -0.1) is 0 Å². The molecule has 0 aromatic heterocycles. The van der Waals surface area contributed by atoms with Crippen molar-refractivity contribution in [2.24, 2.45) is 0 Å². The molecule has 0 heterocycles. The molecule has 1 N–H and O–H groups in total. The van der Waals surface area contributed by atoms with E-state index in [9.17, 15) is 14.0 Å². The van der Waals surface area contributed by atoms with Gasteiger partial charge >= 0.3 is 0 Å². The lowest BCUT2D eigenvalue weighted by atomic mass is 10.2. The summed E-state index contributed by atoms with van der Waals surface area (Å²) in [6.45, 7) is 2.14. The van der Waals surface area contributed by atoms with Gasteiger partial charge in [-0.2, -0.15) is 0 Å². The zero-order chi connectivity index (χ0) is 18.2. The SMILES string of the molecule is COc1cccc(C(=O)NCCN(Cc2ccccc2F)C(C)=O)c1. The molecule has 2 aromatic rings. The van der Waals surface area contributed by atoms with Crippen molar-refractivity contribution >= 4 is 11.8 Å². The van der Waals surface area contributed by atoms with Crippen molar-refractivity contribution in [1.29, 1.82) is 0 Å². The van der Waals surface area contributed by atoms with Gasteiger partial charge in [0.1, 0.15) is 11.6 Å². The van der Waals surface area contributed by atoms with Crippen LogP contribution in [0.5, 0.6) is 5.75 Å². The van der Waals surface area contributed by atoms with Gasteiger partial charge in [-0.25, -0.2) is 4.39 Å². The summed E-state index contributed by atoms with van der Waals surface area (Å²) in [5.74, 6) is -0.195. The predicted octanol–water partition coefficient (Wildman–Crippen LogP) is 2.61. The van der Waals surface area contributed by atoms with E-state index in [1.807, 2.05) is 0 Å². The summed E-state index contributed by atoms with van der Waals surface area (Å²) < 4.78 is 18.8. The van der Waals surface area contributed by atoms with Gasteiger partial charge in [0.25, 0.3) is 5.91 Å². The van der Waals surface area contributed by atoms with Crippen molar-refractivity contribution in [3.05, 3.63) is 65.5 Å². The minimum Gasteiger partial charge on any atom is -0.497 e. The fourth-order valence-electron chi connectivity index (χ4n) is 2.35. The number of amides is 2. The van der Waals surface area contributed by atoms with Crippen LogP contribution in [0, 0.1) is 5.82 Å². The number of rotatable bonds is 7. The summed E-state index contributed by atoms with van der Waals surface area (Å²) in [5, 5.41) is 2.75. The van der Waals surface area contributed by atoms with Crippen molar-refractivity contribution in [3.8, 4) is 5.75 Å². The summed E-state index contributed by atoms with van der Waals surface area (Å²) in [4.78, 5) is 25.4. The minimum atomic E-state index is -0.353. The van der Waals surface area contributed by atoms with Gasteiger partial charge in [-0.05, 0) is 24.3 Å². The van der Waals surface area contributed by atoms with Crippen LogP contribution in [-0.4, -0.2) is 36.9 Å². The number of nitrogens with one attached hydrogen (secondary N) is 1. The number of benzene rings is 2. The number of carbonyl (C=O) groups is 2. The Labute approximate surface area is 146 Å². The monoisotopic (exact) mass is 344 g/mol. The zero-order valence-electron chi connectivity index (χ0n) is 14.3. The standard InChI is InChI=1S/C19H21FN2O3/c1-14(23)22(13-16-6-3-4-9-18(16)20)11-10-21-19(24)15-7-5-8-17(12-15)25-2/h3-9,12H,10-11,13H2,1-2H3,(H,21,24). The van der Waals surface area contributed by atoms with Crippen molar-refractivity contribution in [1.82, 2.24) is 10.2 Å². The molecule has 2 aromatic carbocycles. The van der Waals surface area contributed by atoms with E-state index in [0.717, 1.165) is 0 Å². The van der Waals surface area contributed by atoms with E-state index in [1.54, 1.807) is 42.5 Å². The summed E-state index contributed by atoms with van der Waals surface area (Å²) in [6.07, 6.45) is 0. The quantitative estimate of drug-likeness (QED) is 0.840. The lowest BCUT2D eigenvalue weighted by Crippen LogP contribution is -2.37. The molecule has 2 amide bonds. The Morgan fingerprint density at radius 1 is 1.16 bits per heavy atom. The van der Waals surface area contributed by atoms with Crippen molar-refractivity contribution in [2.75, 3.05) is 20.2 Å². The molecule has 0 atom stereocenters. The van der Waals surface area contributed by atoms with Crippen LogP contribution < -0.4 is 10.1 Å². The van der Waals surface area contributed by atoms with Gasteiger partial charge in [0, 0.05) is 37.7 Å². The summed E-state index contributed by atoms with van der Waals surface area (Å²) >= 11 is 0. The summed E-state index contributed by atoms with van der Waals surface area (Å²) in [5.41, 5.74) is 0.916. The zero-order valence-corrected chi connectivity index (χ0v) is 14.3. The highest BCUT2D eigenvalue weighted by atomic mass is 19.1. The third-order valence-electron chi connectivity index (χ3n) is 3.76. The molecule has 25 heavy (non-hydrogen) atoms. The average Bonchev–Trinajstić information content (AvgIpc) is 2.62. The van der Waals surface area contributed by atoms with Crippen LogP contribution in [0.2, 0.25) is 0 Å². The maximum atomic E-state index is 13.7. The van der Waals surface area contributed by atoms with Gasteiger partial charge in [0.2, 0.25) is 5.91 Å². The van der Waals surface area contributed by atoms with Crippen molar-refractivity contribution < 1.29 is 18.7 Å². The Hall–Kier alpha value is -2.89. The first kappa shape index (κ1) is 18.4. The molecule has 0 bridgehead atoms. The number of hydrogen-bond acceptors (Lipinski definition) is 3. The topological polar surface area (TPSA) is 58.6 Å². The van der Waals surface area contributed by atoms with E-state index in [-0.39, 0.29) is 30.7 Å². The largest absolute Gasteiger partial charge is 0.497 e. The first-order chi connectivity index (χ1) is 12.0. The van der Waals surface area contributed by atoms with E-state index < -0.39 is 0 Å². The highest BCUT2D eigenvalue weighted by molar-refractivity contribution is 5.94. The first-order valence-electron chi connectivity index (χ1n) is 7.92. The second kappa shape index (κ2) is 8.82. The Kier molecular flexibility index (Phi) is 6.51. The van der Waals surface area contributed by atoms with Crippen LogP contribution in [0.3, 0.4) is 0 Å². The lowest BCUT2D eigenvalue weighted by Gasteiger charge is -2.21. The number of methoxy groups -OCH3 is 1. The molecule has 132 valence electrons. The Bertz CT molecular complexity index is 749. The Morgan fingerprint density at radius 3 is 2.60 bits per heavy atom. The van der Waals surface area contributed by atoms with Gasteiger partial charge in [-0.1, -0.05) is 24.3 Å². The number of ether oxygens (including phenoxy) is 1. The molecule has 5 nitrogen and oxygen atoms in total. The van der Waals surface area contributed by atoms with E-state index >= 15 is 0 Å². The Morgan fingerprint density at radius 2 is 1.92 bits per heavy atom. The molecule has 6 heteroatoms. The van der Waals surface area contributed by atoms with E-state index in [4.69, 9.17) is 4.74 Å². The second-order valence-corrected chi connectivity index (χ2v) is 5.52. The van der Waals surface area contributed by atoms with E-state index in [0.29, 0.717) is 23.4 Å². The molecule has 0 saturated heterocycles. The maximum absolute atomic E-state index is 13.7. The highest BCUT2D eigenvalue weighted by Gasteiger charge is 2.13. The number of halogens is 1. The van der Waals surface area contributed by atoms with Gasteiger partial charge in [-0.3, -0.25) is 9.59 Å². The van der Waals surface area contributed by atoms with Crippen LogP contribution in [0.15, 0.2) is 48.5 Å². The van der Waals surface area contributed by atoms with Crippen LogP contribution in [0.1, 0.15) is 22.8 Å². The third kappa shape index (κ3) is 5.31. The molecule has 0 fully saturated rings. The highest BCUT2D eigenvalue weighted by Crippen LogP contribution is 2.12. The molecule has 0 aliphatic heterocycles. The van der Waals surface area contributed by atoms with Crippen molar-refractivity contribution in [2.45, 2.75) is 13.5 Å². The predicted molar refractivity (Wildman–Crippen MR) is 92.8 cm³/mol. The number of hydrogen-bond donors (Lipinski definition) is 1. The van der Waals surface area contributed by atoms with E-state index in [1.165, 1.54) is 25.0 Å². The smallest absolute Gasteiger partial charge is 0.251 e. The average molecular weight is 344 g/mol. The number of carbonyl (C=O) groups excluding carboxylic acids is 2. The minimum absolute atomic E-state index is 0.164. The number of nitrogens with zero attached hydrogens (tertiary/aromatic N) is 1. The molecule has 0 radical (unpaired) electrons. The summed E-state index contributed by atoms with van der Waals surface area (Å²) in [7, 11) is 1.53. The summed E-state index contributed by atoms with van der Waals surface area (Å²) in [6, 6.07) is 13.1. The molecule has 2 rings (SSSR count). The third-order valence-corrected chi connectivity index (χ3v) is 3.76. The molecule has 0 aliphatic carbocycles. The van der Waals surface area contributed by atoms with E-state index in [2.05, 4.69) is 5.32 Å². The van der Waals surface area contributed by atoms with Crippen LogP contribution in [0.25, 0.3) is 0 Å². The van der Waals surface area contributed by atoms with Crippen molar-refractivity contribution in [3.63, 3.8) is 0 Å². The van der Waals surface area contributed by atoms with Gasteiger partial charge < -0.3 is 15.0 Å². The van der Waals surface area contributed by atoms with Gasteiger partial charge in [0.05, 0.1) is 7.11 Å². The molecule has 0 aliphatic rings. The van der Waals surface area contributed by atoms with Gasteiger partial charge in [0.15, 0.2) is 0 Å². The van der Waals surface area contributed by atoms with Crippen LogP contribution in [-0.2, 0) is 11.3 Å². The Balaban J connectivity index is 1.92. The first-order valence-corrected chi connectivity index (χ1v) is 7.92. The molecular weight excluding hydrogens is 323 g/mol. The fourth-order valence-corrected chi connectivity index (χ4v) is 2.35. The maximum Gasteiger partial charge on any atom is 0.251 e. The fraction of sp³-hybridized carbons (Fsp3) is 0.263. The van der Waals surface area contributed by atoms with Crippen LogP contribution >= 0.6 is 0 Å². The van der Waals surface area contributed by atoms with Crippen LogP contribution in [0.4, 0.5) is 4.39 Å². The molecular formula is C19H21FN2O3.